The fraction of sp³-hybridized carbons (Fsp3) is 0.292. The Labute approximate surface area is 180 Å². The van der Waals surface area contributed by atoms with Gasteiger partial charge in [0.2, 0.25) is 0 Å². The van der Waals surface area contributed by atoms with Crippen LogP contribution in [-0.2, 0) is 18.3 Å². The molecule has 0 radical (unpaired) electrons. The summed E-state index contributed by atoms with van der Waals surface area (Å²) in [6.07, 6.45) is 0.744. The van der Waals surface area contributed by atoms with Gasteiger partial charge in [-0.15, -0.1) is 0 Å². The summed E-state index contributed by atoms with van der Waals surface area (Å²) < 4.78 is 1.73. The van der Waals surface area contributed by atoms with Crippen LogP contribution in [0.5, 0.6) is 0 Å². The van der Waals surface area contributed by atoms with E-state index in [9.17, 15) is 19.8 Å². The third-order valence-corrected chi connectivity index (χ3v) is 6.17. The van der Waals surface area contributed by atoms with Gasteiger partial charge in [0, 0.05) is 25.7 Å². The van der Waals surface area contributed by atoms with Crippen LogP contribution < -0.4 is 0 Å². The quantitative estimate of drug-likeness (QED) is 0.663. The van der Waals surface area contributed by atoms with E-state index in [0.717, 1.165) is 11.1 Å². The highest BCUT2D eigenvalue weighted by Crippen LogP contribution is 2.36. The number of imidazole rings is 1. The molecule has 0 bridgehead atoms. The molecule has 3 aromatic rings. The number of aliphatic hydroxyl groups excluding tert-OH is 1. The van der Waals surface area contributed by atoms with Gasteiger partial charge < -0.3 is 19.7 Å². The van der Waals surface area contributed by atoms with Crippen molar-refractivity contribution >= 4 is 11.9 Å². The minimum atomic E-state index is -1.32. The fourth-order valence-electron chi connectivity index (χ4n) is 4.28. The van der Waals surface area contributed by atoms with Crippen LogP contribution in [0.2, 0.25) is 0 Å². The summed E-state index contributed by atoms with van der Waals surface area (Å²) in [5.74, 6) is -0.636. The number of carbonyl (C=O) groups excluding carboxylic acids is 1. The molecule has 7 nitrogen and oxygen atoms in total. The summed E-state index contributed by atoms with van der Waals surface area (Å²) in [6, 6.07) is 18.9. The Bertz CT molecular complexity index is 1080. The van der Waals surface area contributed by atoms with Crippen LogP contribution in [0.15, 0.2) is 66.9 Å². The topological polar surface area (TPSA) is 95.7 Å². The number of carboxylic acids is 1. The zero-order valence-corrected chi connectivity index (χ0v) is 17.3. The maximum Gasteiger partial charge on any atom is 0.312 e. The molecule has 1 aromatic heterocycles. The van der Waals surface area contributed by atoms with E-state index >= 15 is 0 Å². The highest BCUT2D eigenvalue weighted by atomic mass is 16.4. The third-order valence-electron chi connectivity index (χ3n) is 6.17. The van der Waals surface area contributed by atoms with Crippen molar-refractivity contribution in [2.45, 2.75) is 18.9 Å². The summed E-state index contributed by atoms with van der Waals surface area (Å²) in [5.41, 5.74) is 0.829. The molecule has 2 atom stereocenters. The number of rotatable bonds is 5. The minimum absolute atomic E-state index is 0.0379. The normalized spacial score (nSPS) is 21.1. The second kappa shape index (κ2) is 8.35. The average molecular weight is 419 g/mol. The number of nitrogens with zero attached hydrogens (tertiary/aromatic N) is 3. The second-order valence-corrected chi connectivity index (χ2v) is 8.03. The van der Waals surface area contributed by atoms with Gasteiger partial charge in [0.05, 0.1) is 12.3 Å². The molecule has 2 aromatic carbocycles. The standard InChI is InChI=1S/C24H25N3O4/c1-26-19(15-25-21(26)18-10-6-3-7-11-18)22(29)27-13-12-24(23(30)31,20(28)16-27)14-17-8-4-2-5-9-17/h2-11,15,20,28H,12-14,16H2,1H3,(H,30,31)/t20-,24-/m1/s1. The highest BCUT2D eigenvalue weighted by molar-refractivity contribution is 5.93. The first-order valence-electron chi connectivity index (χ1n) is 10.2. The van der Waals surface area contributed by atoms with E-state index in [4.69, 9.17) is 0 Å². The highest BCUT2D eigenvalue weighted by Gasteiger charge is 2.49. The Hall–Kier alpha value is -3.45. The van der Waals surface area contributed by atoms with E-state index in [1.807, 2.05) is 60.7 Å². The number of amides is 1. The summed E-state index contributed by atoms with van der Waals surface area (Å²) >= 11 is 0. The first kappa shape index (κ1) is 20.8. The van der Waals surface area contributed by atoms with Gasteiger partial charge >= 0.3 is 5.97 Å². The SMILES string of the molecule is Cn1c(C(=O)N2CC[C@](Cc3ccccc3)(C(=O)O)[C@H](O)C2)cnc1-c1ccccc1. The van der Waals surface area contributed by atoms with Crippen molar-refractivity contribution in [1.29, 1.82) is 0 Å². The molecule has 7 heteroatoms. The number of hydrogen-bond acceptors (Lipinski definition) is 4. The Balaban J connectivity index is 1.54. The maximum absolute atomic E-state index is 13.2. The van der Waals surface area contributed by atoms with E-state index in [-0.39, 0.29) is 31.8 Å². The van der Waals surface area contributed by atoms with Gasteiger partial charge in [-0.3, -0.25) is 9.59 Å². The number of aliphatic hydroxyl groups is 1. The molecule has 1 aliphatic heterocycles. The van der Waals surface area contributed by atoms with Crippen LogP contribution in [0.3, 0.4) is 0 Å². The van der Waals surface area contributed by atoms with Gasteiger partial charge in [0.25, 0.3) is 5.91 Å². The van der Waals surface area contributed by atoms with Crippen molar-refractivity contribution in [1.82, 2.24) is 14.5 Å². The number of aliphatic carboxylic acids is 1. The van der Waals surface area contributed by atoms with Gasteiger partial charge in [-0.2, -0.15) is 0 Å². The molecule has 160 valence electrons. The lowest BCUT2D eigenvalue weighted by Gasteiger charge is -2.42. The number of β-amino-alcohol motifs (C(OH)–C–C–N with tert-alkyl or cyclic N) is 1. The molecule has 0 saturated carbocycles. The lowest BCUT2D eigenvalue weighted by molar-refractivity contribution is -0.161. The van der Waals surface area contributed by atoms with Crippen molar-refractivity contribution in [2.24, 2.45) is 12.5 Å². The molecular formula is C24H25N3O4. The van der Waals surface area contributed by atoms with Gasteiger partial charge in [-0.25, -0.2) is 4.98 Å². The predicted octanol–water partition coefficient (Wildman–Crippen LogP) is 2.61. The molecule has 0 spiro atoms. The van der Waals surface area contributed by atoms with Crippen LogP contribution in [-0.4, -0.2) is 55.7 Å². The molecule has 4 rings (SSSR count). The van der Waals surface area contributed by atoms with Crippen LogP contribution >= 0.6 is 0 Å². The minimum Gasteiger partial charge on any atom is -0.481 e. The van der Waals surface area contributed by atoms with Crippen molar-refractivity contribution in [3.8, 4) is 11.4 Å². The molecule has 2 N–H and O–H groups in total. The molecule has 31 heavy (non-hydrogen) atoms. The summed E-state index contributed by atoms with van der Waals surface area (Å²) in [5, 5.41) is 20.8. The summed E-state index contributed by atoms with van der Waals surface area (Å²) in [7, 11) is 1.78. The molecule has 2 heterocycles. The van der Waals surface area contributed by atoms with E-state index in [1.54, 1.807) is 11.6 Å². The Morgan fingerprint density at radius 1 is 1.10 bits per heavy atom. The first-order valence-corrected chi connectivity index (χ1v) is 10.2. The molecule has 1 aliphatic rings. The summed E-state index contributed by atoms with van der Waals surface area (Å²) in [4.78, 5) is 31.2. The van der Waals surface area contributed by atoms with Gasteiger partial charge in [0.15, 0.2) is 0 Å². The molecule has 0 unspecified atom stereocenters. The molecule has 0 aliphatic carbocycles. The number of hydrogen-bond donors (Lipinski definition) is 2. The van der Waals surface area contributed by atoms with Crippen LogP contribution in [0.25, 0.3) is 11.4 Å². The fourth-order valence-corrected chi connectivity index (χ4v) is 4.28. The number of piperidine rings is 1. The van der Waals surface area contributed by atoms with Crippen molar-refractivity contribution in [3.05, 3.63) is 78.1 Å². The Morgan fingerprint density at radius 2 is 1.74 bits per heavy atom. The molecule has 1 saturated heterocycles. The smallest absolute Gasteiger partial charge is 0.312 e. The van der Waals surface area contributed by atoms with E-state index in [2.05, 4.69) is 4.98 Å². The molecular weight excluding hydrogens is 394 g/mol. The van der Waals surface area contributed by atoms with Crippen molar-refractivity contribution in [2.75, 3.05) is 13.1 Å². The zero-order valence-electron chi connectivity index (χ0n) is 17.3. The largest absolute Gasteiger partial charge is 0.481 e. The number of carboxylic acid groups (broad SMARTS) is 1. The van der Waals surface area contributed by atoms with Crippen LogP contribution in [0.1, 0.15) is 22.5 Å². The molecule has 1 fully saturated rings. The van der Waals surface area contributed by atoms with E-state index in [1.165, 1.54) is 11.1 Å². The Morgan fingerprint density at radius 3 is 2.35 bits per heavy atom. The van der Waals surface area contributed by atoms with E-state index in [0.29, 0.717) is 11.5 Å². The monoisotopic (exact) mass is 419 g/mol. The van der Waals surface area contributed by atoms with Crippen molar-refractivity contribution < 1.29 is 19.8 Å². The van der Waals surface area contributed by atoms with Crippen LogP contribution in [0.4, 0.5) is 0 Å². The second-order valence-electron chi connectivity index (χ2n) is 8.03. The van der Waals surface area contributed by atoms with Gasteiger partial charge in [0.1, 0.15) is 16.9 Å². The van der Waals surface area contributed by atoms with Gasteiger partial charge in [-0.05, 0) is 18.4 Å². The predicted molar refractivity (Wildman–Crippen MR) is 115 cm³/mol. The lowest BCUT2D eigenvalue weighted by atomic mass is 9.71. The molecule has 1 amide bonds. The van der Waals surface area contributed by atoms with Crippen LogP contribution in [0, 0.1) is 5.41 Å². The third kappa shape index (κ3) is 3.84. The average Bonchev–Trinajstić information content (AvgIpc) is 3.17. The lowest BCUT2D eigenvalue weighted by Crippen LogP contribution is -2.57. The van der Waals surface area contributed by atoms with Gasteiger partial charge in [-0.1, -0.05) is 60.7 Å². The number of aromatic nitrogens is 2. The number of carbonyl (C=O) groups is 2. The number of benzene rings is 2. The summed E-state index contributed by atoms with van der Waals surface area (Å²) in [6.45, 7) is 0.213. The first-order chi connectivity index (χ1) is 14.9. The van der Waals surface area contributed by atoms with E-state index < -0.39 is 17.5 Å². The zero-order chi connectivity index (χ0) is 22.0. The number of likely N-dealkylation sites (tertiary alicyclic amines) is 1. The van der Waals surface area contributed by atoms with Crippen molar-refractivity contribution in [3.63, 3.8) is 0 Å². The maximum atomic E-state index is 13.2. The Kier molecular flexibility index (Phi) is 5.61.